The summed E-state index contributed by atoms with van der Waals surface area (Å²) in [6.07, 6.45) is 4.76. The van der Waals surface area contributed by atoms with Crippen molar-refractivity contribution in [3.63, 3.8) is 0 Å². The number of benzene rings is 2. The Kier molecular flexibility index (Phi) is 13.6. The van der Waals surface area contributed by atoms with Gasteiger partial charge in [-0.2, -0.15) is 14.8 Å². The number of hydrazine groups is 1. The lowest BCUT2D eigenvalue weighted by Crippen LogP contribution is -2.39. The Morgan fingerprint density at radius 1 is 1.13 bits per heavy atom. The van der Waals surface area contributed by atoms with Crippen LogP contribution in [0.15, 0.2) is 67.0 Å². The number of carbonyl (C=O) groups excluding carboxylic acids is 1. The summed E-state index contributed by atoms with van der Waals surface area (Å²) in [5, 5.41) is 5.08. The summed E-state index contributed by atoms with van der Waals surface area (Å²) in [6, 6.07) is 19.0. The quantitative estimate of drug-likeness (QED) is 0.0505. The molecule has 1 saturated carbocycles. The maximum absolute atomic E-state index is 13.1. The minimum Gasteiger partial charge on any atom is -0.459 e. The van der Waals surface area contributed by atoms with Crippen LogP contribution in [0, 0.1) is 0 Å². The number of hydrogen-bond donors (Lipinski definition) is 3. The van der Waals surface area contributed by atoms with Crippen molar-refractivity contribution in [3.05, 3.63) is 72.6 Å². The fraction of sp³-hybridized carbons (Fsp3) is 0.438. The Bertz CT molecular complexity index is 1550. The van der Waals surface area contributed by atoms with Crippen LogP contribution in [0.5, 0.6) is 5.75 Å². The number of esters is 1. The van der Waals surface area contributed by atoms with Crippen LogP contribution in [-0.2, 0) is 25.4 Å². The summed E-state index contributed by atoms with van der Waals surface area (Å²) in [5.74, 6) is 0.995. The average Bonchev–Trinajstić information content (AvgIpc) is 3.76. The third-order valence-corrected chi connectivity index (χ3v) is 9.00. The number of fused-ring (bicyclic) bond motifs is 1. The van der Waals surface area contributed by atoms with Gasteiger partial charge in [0.2, 0.25) is 5.95 Å². The van der Waals surface area contributed by atoms with Crippen LogP contribution in [0.4, 0.5) is 11.8 Å². The topological polar surface area (TPSA) is 151 Å². The Morgan fingerprint density at radius 2 is 1.81 bits per heavy atom. The molecule has 3 atom stereocenters. The molecule has 13 nitrogen and oxygen atoms in total. The molecular formula is C32H45N8O5PS. The van der Waals surface area contributed by atoms with Crippen molar-refractivity contribution in [2.24, 2.45) is 0 Å². The molecular weight excluding hydrogens is 639 g/mol. The van der Waals surface area contributed by atoms with E-state index in [9.17, 15) is 4.79 Å². The predicted molar refractivity (Wildman–Crippen MR) is 187 cm³/mol. The molecule has 0 radical (unpaired) electrons. The fourth-order valence-corrected chi connectivity index (χ4v) is 6.33. The SMILES string of the molecule is CC.CCC(COP(NC1(C(=O)OCc2ccccc2)CC1)Oc1ccccc1)OC(C)n1cnc2c(N(C)NSC)nc(N)nc21. The van der Waals surface area contributed by atoms with Gasteiger partial charge in [0.25, 0.3) is 0 Å². The van der Waals surface area contributed by atoms with E-state index in [0.717, 1.165) is 5.56 Å². The van der Waals surface area contributed by atoms with Crippen LogP contribution < -0.4 is 25.2 Å². The third kappa shape index (κ3) is 9.75. The van der Waals surface area contributed by atoms with Gasteiger partial charge in [-0.15, -0.1) is 0 Å². The first-order valence-corrected chi connectivity index (χ1v) is 18.0. The van der Waals surface area contributed by atoms with Gasteiger partial charge in [-0.3, -0.25) is 14.4 Å². The lowest BCUT2D eigenvalue weighted by Gasteiger charge is -2.27. The number of nitrogen functional groups attached to an aromatic ring is 1. The Labute approximate surface area is 282 Å². The molecule has 4 N–H and O–H groups in total. The van der Waals surface area contributed by atoms with E-state index in [2.05, 4.69) is 24.9 Å². The normalized spacial score (nSPS) is 15.2. The highest BCUT2D eigenvalue weighted by atomic mass is 32.2. The van der Waals surface area contributed by atoms with Crippen LogP contribution in [0.1, 0.15) is 58.7 Å². The summed E-state index contributed by atoms with van der Waals surface area (Å²) >= 11 is 1.42. The summed E-state index contributed by atoms with van der Waals surface area (Å²) in [4.78, 5) is 29.6. The van der Waals surface area contributed by atoms with E-state index in [0.29, 0.717) is 42.0 Å². The Morgan fingerprint density at radius 3 is 2.45 bits per heavy atom. The maximum Gasteiger partial charge on any atom is 0.327 e. The number of ether oxygens (including phenoxy) is 2. The van der Waals surface area contributed by atoms with Crippen molar-refractivity contribution >= 4 is 49.4 Å². The van der Waals surface area contributed by atoms with Crippen molar-refractivity contribution < 1.29 is 23.3 Å². The van der Waals surface area contributed by atoms with E-state index in [1.54, 1.807) is 11.3 Å². The molecule has 0 bridgehead atoms. The zero-order valence-corrected chi connectivity index (χ0v) is 29.5. The highest BCUT2D eigenvalue weighted by Crippen LogP contribution is 2.47. The second-order valence-electron chi connectivity index (χ2n) is 10.6. The number of rotatable bonds is 17. The summed E-state index contributed by atoms with van der Waals surface area (Å²) in [6.45, 7) is 8.35. The van der Waals surface area contributed by atoms with Crippen LogP contribution in [-0.4, -0.2) is 57.0 Å². The number of para-hydroxylation sites is 1. The van der Waals surface area contributed by atoms with Gasteiger partial charge in [0, 0.05) is 7.05 Å². The molecule has 4 aromatic rings. The van der Waals surface area contributed by atoms with E-state index in [4.69, 9.17) is 24.3 Å². The predicted octanol–water partition coefficient (Wildman–Crippen LogP) is 6.16. The first kappa shape index (κ1) is 36.3. The zero-order chi connectivity index (χ0) is 33.8. The second kappa shape index (κ2) is 17.6. The standard InChI is InChI=1S/C30H39N8O5PS.C2H6/c1-5-23(42-21(2)38-20-32-25-26(37(3)36-45-4)33-29(31)34-27(25)38)19-41-44(43-24-14-10-7-11-15-24)35-30(16-17-30)28(39)40-18-22-12-8-6-9-13-22;1-2/h6-15,20-21,23,35-36H,5,16-19H2,1-4H3,(H2,31,33,34);1-2H3. The number of imidazole rings is 1. The van der Waals surface area contributed by atoms with Crippen LogP contribution >= 0.6 is 20.5 Å². The monoisotopic (exact) mass is 684 g/mol. The highest BCUT2D eigenvalue weighted by Gasteiger charge is 2.54. The molecule has 15 heteroatoms. The molecule has 0 saturated heterocycles. The van der Waals surface area contributed by atoms with Gasteiger partial charge in [0.1, 0.15) is 24.1 Å². The van der Waals surface area contributed by atoms with Crippen LogP contribution in [0.25, 0.3) is 11.2 Å². The molecule has 5 rings (SSSR count). The number of nitrogens with zero attached hydrogens (tertiary/aromatic N) is 5. The van der Waals surface area contributed by atoms with Crippen molar-refractivity contribution in [2.45, 2.75) is 71.4 Å². The van der Waals surface area contributed by atoms with Crippen LogP contribution in [0.2, 0.25) is 0 Å². The zero-order valence-electron chi connectivity index (χ0n) is 27.8. The largest absolute Gasteiger partial charge is 0.459 e. The van der Waals surface area contributed by atoms with Gasteiger partial charge < -0.3 is 24.3 Å². The minimum atomic E-state index is -1.72. The van der Waals surface area contributed by atoms with E-state index in [-0.39, 0.29) is 31.2 Å². The number of hydrogen-bond acceptors (Lipinski definition) is 13. The summed E-state index contributed by atoms with van der Waals surface area (Å²) in [5.41, 5.74) is 7.27. The molecule has 1 aliphatic rings. The molecule has 47 heavy (non-hydrogen) atoms. The van der Waals surface area contributed by atoms with Crippen molar-refractivity contribution in [1.82, 2.24) is 29.4 Å². The van der Waals surface area contributed by atoms with Gasteiger partial charge in [0.15, 0.2) is 17.0 Å². The molecule has 2 aromatic carbocycles. The number of nitrogens with two attached hydrogens (primary N) is 1. The summed E-state index contributed by atoms with van der Waals surface area (Å²) < 4.78 is 26.4. The lowest BCUT2D eigenvalue weighted by atomic mass is 10.2. The third-order valence-electron chi connectivity index (χ3n) is 7.17. The molecule has 3 unspecified atom stereocenters. The Balaban J connectivity index is 0.00000245. The summed E-state index contributed by atoms with van der Waals surface area (Å²) in [7, 11) is 0.115. The number of carbonyl (C=O) groups is 1. The van der Waals surface area contributed by atoms with Gasteiger partial charge in [-0.1, -0.05) is 81.3 Å². The van der Waals surface area contributed by atoms with Crippen LogP contribution in [0.3, 0.4) is 0 Å². The number of nitrogens with one attached hydrogen (secondary N) is 2. The molecule has 1 aliphatic carbocycles. The smallest absolute Gasteiger partial charge is 0.327 e. The number of anilines is 2. The van der Waals surface area contributed by atoms with Gasteiger partial charge in [-0.25, -0.2) is 10.1 Å². The van der Waals surface area contributed by atoms with Crippen molar-refractivity contribution in [1.29, 1.82) is 0 Å². The Hall–Kier alpha value is -3.52. The molecule has 2 aromatic heterocycles. The van der Waals surface area contributed by atoms with Crippen molar-refractivity contribution in [3.8, 4) is 5.75 Å². The van der Waals surface area contributed by atoms with Gasteiger partial charge >= 0.3 is 14.5 Å². The lowest BCUT2D eigenvalue weighted by molar-refractivity contribution is -0.148. The van der Waals surface area contributed by atoms with Gasteiger partial charge in [0.05, 0.1) is 19.0 Å². The fourth-order valence-electron chi connectivity index (χ4n) is 4.53. The molecule has 2 heterocycles. The first-order chi connectivity index (χ1) is 22.8. The first-order valence-electron chi connectivity index (χ1n) is 15.6. The van der Waals surface area contributed by atoms with E-state index in [1.165, 1.54) is 11.9 Å². The molecule has 1 fully saturated rings. The number of aromatic nitrogens is 4. The second-order valence-corrected chi connectivity index (χ2v) is 12.3. The maximum atomic E-state index is 13.1. The molecule has 0 aliphatic heterocycles. The minimum absolute atomic E-state index is 0.127. The van der Waals surface area contributed by atoms with Gasteiger partial charge in [-0.05, 0) is 50.1 Å². The van der Waals surface area contributed by atoms with E-state index in [1.807, 2.05) is 106 Å². The van der Waals surface area contributed by atoms with E-state index >= 15 is 0 Å². The molecule has 254 valence electrons. The average molecular weight is 685 g/mol. The van der Waals surface area contributed by atoms with Crippen molar-refractivity contribution in [2.75, 3.05) is 30.7 Å². The molecule has 0 amide bonds. The highest BCUT2D eigenvalue weighted by molar-refractivity contribution is 7.96. The van der Waals surface area contributed by atoms with E-state index < -0.39 is 20.3 Å². The molecule has 0 spiro atoms.